The molecule has 0 fully saturated rings. The van der Waals surface area contributed by atoms with Gasteiger partial charge in [0.15, 0.2) is 0 Å². The lowest BCUT2D eigenvalue weighted by molar-refractivity contribution is -0.172. The van der Waals surface area contributed by atoms with Gasteiger partial charge in [0, 0.05) is 7.11 Å². The lowest BCUT2D eigenvalue weighted by atomic mass is 10.6. The summed E-state index contributed by atoms with van der Waals surface area (Å²) in [5.74, 6) is -2.63. The van der Waals surface area contributed by atoms with Crippen LogP contribution in [0.5, 0.6) is 0 Å². The van der Waals surface area contributed by atoms with Gasteiger partial charge >= 0.3 is 25.3 Å². The zero-order valence-corrected chi connectivity index (χ0v) is 7.56. The zero-order chi connectivity index (χ0) is 11.6. The van der Waals surface area contributed by atoms with Crippen molar-refractivity contribution in [1.82, 2.24) is 5.32 Å². The molecule has 1 unspecified atom stereocenters. The molecule has 0 radical (unpaired) electrons. The Morgan fingerprint density at radius 1 is 1.43 bits per heavy atom. The zero-order valence-electron chi connectivity index (χ0n) is 6.66. The Labute approximate surface area is 75.6 Å². The Morgan fingerprint density at radius 2 is 1.86 bits per heavy atom. The van der Waals surface area contributed by atoms with Gasteiger partial charge in [-0.05, 0) is 0 Å². The molecule has 0 spiro atoms. The first-order valence-electron chi connectivity index (χ1n) is 2.92. The van der Waals surface area contributed by atoms with Crippen molar-refractivity contribution in [3.05, 3.63) is 0 Å². The molecule has 10 heteroatoms. The molecule has 0 bridgehead atoms. The van der Waals surface area contributed by atoms with Crippen molar-refractivity contribution >= 4 is 19.2 Å². The topological polar surface area (TPSA) is 92.7 Å². The summed E-state index contributed by atoms with van der Waals surface area (Å²) in [4.78, 5) is 29.1. The van der Waals surface area contributed by atoms with Crippen LogP contribution in [0.15, 0.2) is 0 Å². The van der Waals surface area contributed by atoms with Crippen molar-refractivity contribution in [3.8, 4) is 0 Å². The molecule has 0 aliphatic heterocycles. The van der Waals surface area contributed by atoms with Crippen LogP contribution in [-0.4, -0.2) is 29.7 Å². The fraction of sp³-hybridized carbons (Fsp3) is 0.500. The molecule has 0 aliphatic rings. The van der Waals surface area contributed by atoms with E-state index in [4.69, 9.17) is 4.89 Å². The van der Waals surface area contributed by atoms with Crippen molar-refractivity contribution in [1.29, 1.82) is 0 Å². The van der Waals surface area contributed by atoms with Crippen molar-refractivity contribution in [3.63, 3.8) is 0 Å². The van der Waals surface area contributed by atoms with Gasteiger partial charge < -0.3 is 9.42 Å². The molecule has 0 saturated heterocycles. The van der Waals surface area contributed by atoms with Gasteiger partial charge in [0.05, 0.1) is 0 Å². The first-order valence-corrected chi connectivity index (χ1v) is 4.50. The third-order valence-electron chi connectivity index (χ3n) is 0.982. The third kappa shape index (κ3) is 3.44. The Morgan fingerprint density at radius 3 is 2.14 bits per heavy atom. The normalized spacial score (nSPS) is 15.8. The van der Waals surface area contributed by atoms with Crippen molar-refractivity contribution < 1.29 is 36.7 Å². The fourth-order valence-electron chi connectivity index (χ4n) is 0.322. The first kappa shape index (κ1) is 13.1. The fourth-order valence-corrected chi connectivity index (χ4v) is 0.730. The second kappa shape index (κ2) is 4.07. The van der Waals surface area contributed by atoms with Crippen molar-refractivity contribution in [2.75, 3.05) is 7.11 Å². The number of rotatable bonds is 2. The minimum Gasteiger partial charge on any atom is -0.318 e. The summed E-state index contributed by atoms with van der Waals surface area (Å²) in [5.41, 5.74) is -2.03. The summed E-state index contributed by atoms with van der Waals surface area (Å²) in [7, 11) is -4.22. The van der Waals surface area contributed by atoms with Gasteiger partial charge in [-0.15, -0.1) is 0 Å². The summed E-state index contributed by atoms with van der Waals surface area (Å²) in [6.07, 6.45) is -5.30. The highest BCUT2D eigenvalue weighted by atomic mass is 31.2. The summed E-state index contributed by atoms with van der Waals surface area (Å²) in [5, 5.41) is 0.670. The first-order chi connectivity index (χ1) is 6.11. The molecular formula is C4H5F3NO5P. The van der Waals surface area contributed by atoms with E-state index in [2.05, 4.69) is 4.52 Å². The van der Waals surface area contributed by atoms with Crippen LogP contribution in [0.4, 0.5) is 18.0 Å². The van der Waals surface area contributed by atoms with E-state index in [1.54, 1.807) is 0 Å². The van der Waals surface area contributed by atoms with E-state index < -0.39 is 25.3 Å². The van der Waals surface area contributed by atoms with E-state index in [-0.39, 0.29) is 0 Å². The molecule has 2 N–H and O–H groups in total. The summed E-state index contributed by atoms with van der Waals surface area (Å²) < 4.78 is 48.8. The van der Waals surface area contributed by atoms with Crippen LogP contribution in [0.3, 0.4) is 0 Å². The number of imide groups is 1. The predicted molar refractivity (Wildman–Crippen MR) is 36.4 cm³/mol. The molecule has 6 nitrogen and oxygen atoms in total. The van der Waals surface area contributed by atoms with Gasteiger partial charge in [0.2, 0.25) is 0 Å². The third-order valence-corrected chi connectivity index (χ3v) is 2.10. The average Bonchev–Trinajstić information content (AvgIpc) is 2.02. The smallest absolute Gasteiger partial charge is 0.318 e. The standard InChI is InChI=1S/C4H5F3NO5P/c1-13-14(11,12)3(10)8-2(9)4(5,6)7/h1H3,(H,11,12)(H,8,9,10). The van der Waals surface area contributed by atoms with E-state index in [0.29, 0.717) is 12.4 Å². The molecule has 0 aromatic rings. The number of carbonyl (C=O) groups excluding carboxylic acids is 2. The Hall–Kier alpha value is -0.920. The highest BCUT2D eigenvalue weighted by Gasteiger charge is 2.43. The van der Waals surface area contributed by atoms with E-state index in [1.807, 2.05) is 0 Å². The number of halogens is 3. The van der Waals surface area contributed by atoms with E-state index in [0.717, 1.165) is 0 Å². The van der Waals surface area contributed by atoms with Gasteiger partial charge in [0.25, 0.3) is 0 Å². The molecule has 0 aromatic heterocycles. The Balaban J connectivity index is 4.51. The molecule has 14 heavy (non-hydrogen) atoms. The number of hydrogen-bond donors (Lipinski definition) is 2. The van der Waals surface area contributed by atoms with Gasteiger partial charge in [-0.1, -0.05) is 0 Å². The summed E-state index contributed by atoms with van der Waals surface area (Å²) in [6, 6.07) is 0. The highest BCUT2D eigenvalue weighted by molar-refractivity contribution is 7.70. The molecule has 2 amide bonds. The quantitative estimate of drug-likeness (QED) is 0.684. The monoisotopic (exact) mass is 235 g/mol. The Kier molecular flexibility index (Phi) is 3.81. The predicted octanol–water partition coefficient (Wildman–Crippen LogP) is 0.617. The van der Waals surface area contributed by atoms with Crippen LogP contribution in [0.2, 0.25) is 0 Å². The Bertz CT molecular complexity index is 300. The SMILES string of the molecule is COP(=O)(O)C(=O)NC(=O)C(F)(F)F. The molecule has 82 valence electrons. The maximum atomic E-state index is 11.5. The molecule has 0 saturated carbocycles. The number of alkyl halides is 3. The lowest BCUT2D eigenvalue weighted by Crippen LogP contribution is -2.39. The minimum absolute atomic E-state index is 0.637. The van der Waals surface area contributed by atoms with Crippen LogP contribution in [0, 0.1) is 0 Å². The van der Waals surface area contributed by atoms with Crippen LogP contribution in [0.25, 0.3) is 0 Å². The molecule has 0 aliphatic carbocycles. The van der Waals surface area contributed by atoms with E-state index in [9.17, 15) is 27.3 Å². The average molecular weight is 235 g/mol. The summed E-state index contributed by atoms with van der Waals surface area (Å²) >= 11 is 0. The van der Waals surface area contributed by atoms with Crippen molar-refractivity contribution in [2.24, 2.45) is 0 Å². The number of nitrogens with one attached hydrogen (secondary N) is 1. The number of carbonyl (C=O) groups is 2. The lowest BCUT2D eigenvalue weighted by Gasteiger charge is -2.09. The molecule has 0 aromatic carbocycles. The van der Waals surface area contributed by atoms with E-state index in [1.165, 1.54) is 0 Å². The van der Waals surface area contributed by atoms with Gasteiger partial charge in [-0.25, -0.2) is 4.57 Å². The van der Waals surface area contributed by atoms with Gasteiger partial charge in [-0.2, -0.15) is 13.2 Å². The van der Waals surface area contributed by atoms with Gasteiger partial charge in [0.1, 0.15) is 0 Å². The van der Waals surface area contributed by atoms with Crippen molar-refractivity contribution in [2.45, 2.75) is 6.18 Å². The van der Waals surface area contributed by atoms with Crippen LogP contribution in [0.1, 0.15) is 0 Å². The number of hydrogen-bond acceptors (Lipinski definition) is 4. The molecule has 1 atom stereocenters. The van der Waals surface area contributed by atoms with Crippen LogP contribution < -0.4 is 5.32 Å². The highest BCUT2D eigenvalue weighted by Crippen LogP contribution is 2.41. The van der Waals surface area contributed by atoms with E-state index >= 15 is 0 Å². The number of amides is 2. The summed E-state index contributed by atoms with van der Waals surface area (Å²) in [6.45, 7) is 0. The maximum absolute atomic E-state index is 11.5. The second-order valence-corrected chi connectivity index (χ2v) is 3.77. The minimum atomic E-state index is -5.30. The maximum Gasteiger partial charge on any atom is 0.471 e. The molecule has 0 heterocycles. The van der Waals surface area contributed by atoms with Crippen LogP contribution in [-0.2, 0) is 13.9 Å². The molecular weight excluding hydrogens is 230 g/mol. The molecule has 0 rings (SSSR count). The second-order valence-electron chi connectivity index (χ2n) is 1.96. The van der Waals surface area contributed by atoms with Gasteiger partial charge in [-0.3, -0.25) is 14.9 Å². The van der Waals surface area contributed by atoms with Crippen LogP contribution >= 0.6 is 7.60 Å². The largest absolute Gasteiger partial charge is 0.471 e.